The zero-order valence-electron chi connectivity index (χ0n) is 10.9. The van der Waals surface area contributed by atoms with Crippen LogP contribution in [-0.4, -0.2) is 10.0 Å². The number of hydrogen-bond acceptors (Lipinski definition) is 4. The first-order valence-corrected chi connectivity index (χ1v) is 6.09. The van der Waals surface area contributed by atoms with Crippen molar-refractivity contribution in [1.29, 1.82) is 0 Å². The third-order valence-electron chi connectivity index (χ3n) is 2.85. The van der Waals surface area contributed by atoms with Crippen molar-refractivity contribution in [2.24, 2.45) is 0 Å². The van der Waals surface area contributed by atoms with Crippen molar-refractivity contribution in [3.63, 3.8) is 0 Å². The van der Waals surface area contributed by atoms with E-state index in [2.05, 4.69) is 0 Å². The van der Waals surface area contributed by atoms with Crippen LogP contribution in [0.5, 0.6) is 11.5 Å². The molecule has 0 spiro atoms. The van der Waals surface area contributed by atoms with E-state index in [4.69, 9.17) is 4.74 Å². The molecule has 5 heteroatoms. The molecule has 2 aromatic carbocycles. The highest BCUT2D eigenvalue weighted by molar-refractivity contribution is 5.57. The van der Waals surface area contributed by atoms with Crippen molar-refractivity contribution in [1.82, 2.24) is 0 Å². The summed E-state index contributed by atoms with van der Waals surface area (Å²) in [5.74, 6) is 0.0102. The SMILES string of the molecule is C[CH]c1cc(OCc2ccccc2)cc([N+](=O)[O-])c1O. The monoisotopic (exact) mass is 272 g/mol. The average molecular weight is 272 g/mol. The number of nitro groups is 1. The number of phenolic OH excluding ortho intramolecular Hbond substituents is 1. The van der Waals surface area contributed by atoms with E-state index in [9.17, 15) is 15.2 Å². The molecule has 103 valence electrons. The van der Waals surface area contributed by atoms with Gasteiger partial charge in [0.05, 0.1) is 11.0 Å². The van der Waals surface area contributed by atoms with Crippen molar-refractivity contribution in [3.05, 3.63) is 70.1 Å². The average Bonchev–Trinajstić information content (AvgIpc) is 2.47. The summed E-state index contributed by atoms with van der Waals surface area (Å²) in [6.07, 6.45) is 1.59. The van der Waals surface area contributed by atoms with Crippen LogP contribution in [0.1, 0.15) is 18.1 Å². The van der Waals surface area contributed by atoms with Crippen molar-refractivity contribution in [2.75, 3.05) is 0 Å². The fraction of sp³-hybridized carbons (Fsp3) is 0.133. The number of rotatable bonds is 5. The maximum absolute atomic E-state index is 10.9. The van der Waals surface area contributed by atoms with E-state index >= 15 is 0 Å². The lowest BCUT2D eigenvalue weighted by atomic mass is 10.1. The maximum atomic E-state index is 10.9. The quantitative estimate of drug-likeness (QED) is 0.668. The summed E-state index contributed by atoms with van der Waals surface area (Å²) in [6, 6.07) is 12.3. The lowest BCUT2D eigenvalue weighted by Gasteiger charge is -2.09. The number of nitro benzene ring substituents is 1. The normalized spacial score (nSPS) is 10.2. The Bertz CT molecular complexity index is 611. The van der Waals surface area contributed by atoms with Gasteiger partial charge in [0, 0.05) is 5.56 Å². The minimum atomic E-state index is -0.627. The Kier molecular flexibility index (Phi) is 4.20. The Morgan fingerprint density at radius 3 is 2.60 bits per heavy atom. The Hall–Kier alpha value is -2.56. The zero-order valence-corrected chi connectivity index (χ0v) is 10.9. The highest BCUT2D eigenvalue weighted by Gasteiger charge is 2.18. The van der Waals surface area contributed by atoms with Gasteiger partial charge in [-0.05, 0) is 18.1 Å². The van der Waals surface area contributed by atoms with E-state index in [1.807, 2.05) is 30.3 Å². The molecule has 0 unspecified atom stereocenters. The van der Waals surface area contributed by atoms with Crippen LogP contribution in [0.25, 0.3) is 0 Å². The van der Waals surface area contributed by atoms with Gasteiger partial charge in [-0.3, -0.25) is 10.1 Å². The molecule has 0 aliphatic rings. The van der Waals surface area contributed by atoms with E-state index in [1.54, 1.807) is 19.4 Å². The third-order valence-corrected chi connectivity index (χ3v) is 2.85. The van der Waals surface area contributed by atoms with Gasteiger partial charge in [0.15, 0.2) is 5.75 Å². The number of aromatic hydroxyl groups is 1. The highest BCUT2D eigenvalue weighted by atomic mass is 16.6. The minimum absolute atomic E-state index is 0.311. The number of ether oxygens (including phenoxy) is 1. The van der Waals surface area contributed by atoms with Crippen LogP contribution in [0.3, 0.4) is 0 Å². The van der Waals surface area contributed by atoms with Crippen LogP contribution in [0, 0.1) is 16.5 Å². The molecule has 0 bridgehead atoms. The fourth-order valence-electron chi connectivity index (χ4n) is 1.80. The molecular weight excluding hydrogens is 258 g/mol. The van der Waals surface area contributed by atoms with E-state index in [0.29, 0.717) is 17.9 Å². The summed E-state index contributed by atoms with van der Waals surface area (Å²) in [5, 5.41) is 20.6. The topological polar surface area (TPSA) is 72.6 Å². The molecule has 0 heterocycles. The molecule has 0 fully saturated rings. The molecule has 0 aromatic heterocycles. The van der Waals surface area contributed by atoms with Crippen molar-refractivity contribution < 1.29 is 14.8 Å². The second-order valence-electron chi connectivity index (χ2n) is 4.20. The van der Waals surface area contributed by atoms with Crippen LogP contribution in [-0.2, 0) is 6.61 Å². The molecule has 2 aromatic rings. The molecule has 1 N–H and O–H groups in total. The van der Waals surface area contributed by atoms with Crippen LogP contribution in [0.4, 0.5) is 5.69 Å². The predicted molar refractivity (Wildman–Crippen MR) is 74.6 cm³/mol. The Labute approximate surface area is 116 Å². The Morgan fingerprint density at radius 2 is 2.00 bits per heavy atom. The lowest BCUT2D eigenvalue weighted by Crippen LogP contribution is -1.98. The second kappa shape index (κ2) is 6.06. The van der Waals surface area contributed by atoms with E-state index < -0.39 is 4.92 Å². The minimum Gasteiger partial charge on any atom is -0.502 e. The first-order valence-electron chi connectivity index (χ1n) is 6.09. The Morgan fingerprint density at radius 1 is 1.30 bits per heavy atom. The summed E-state index contributed by atoms with van der Waals surface area (Å²) in [5.41, 5.74) is 0.983. The molecule has 0 saturated heterocycles. The van der Waals surface area contributed by atoms with E-state index in [1.165, 1.54) is 6.07 Å². The molecule has 0 saturated carbocycles. The van der Waals surface area contributed by atoms with Crippen LogP contribution in [0.2, 0.25) is 0 Å². The molecule has 5 nitrogen and oxygen atoms in total. The molecule has 1 radical (unpaired) electrons. The van der Waals surface area contributed by atoms with E-state index in [-0.39, 0.29) is 11.4 Å². The second-order valence-corrected chi connectivity index (χ2v) is 4.20. The molecule has 2 rings (SSSR count). The van der Waals surface area contributed by atoms with Gasteiger partial charge in [-0.15, -0.1) is 0 Å². The molecule has 0 amide bonds. The largest absolute Gasteiger partial charge is 0.502 e. The van der Waals surface area contributed by atoms with Gasteiger partial charge in [0.2, 0.25) is 0 Å². The number of phenols is 1. The molecule has 0 atom stereocenters. The predicted octanol–water partition coefficient (Wildman–Crippen LogP) is 3.45. The highest BCUT2D eigenvalue weighted by Crippen LogP contribution is 2.35. The maximum Gasteiger partial charge on any atom is 0.314 e. The Balaban J connectivity index is 2.23. The summed E-state index contributed by atoms with van der Waals surface area (Å²) in [4.78, 5) is 10.3. The van der Waals surface area contributed by atoms with Crippen molar-refractivity contribution >= 4 is 5.69 Å². The van der Waals surface area contributed by atoms with Gasteiger partial charge >= 0.3 is 5.69 Å². The first kappa shape index (κ1) is 13.9. The summed E-state index contributed by atoms with van der Waals surface area (Å²) >= 11 is 0. The van der Waals surface area contributed by atoms with Crippen molar-refractivity contribution in [3.8, 4) is 11.5 Å². The molecular formula is C15H14NO4. The smallest absolute Gasteiger partial charge is 0.314 e. The first-order chi connectivity index (χ1) is 9.61. The van der Waals surface area contributed by atoms with Crippen molar-refractivity contribution in [2.45, 2.75) is 13.5 Å². The van der Waals surface area contributed by atoms with Crippen LogP contribution in [0.15, 0.2) is 42.5 Å². The number of hydrogen-bond donors (Lipinski definition) is 1. The summed E-state index contributed by atoms with van der Waals surface area (Å²) in [7, 11) is 0. The van der Waals surface area contributed by atoms with Gasteiger partial charge in [-0.1, -0.05) is 37.3 Å². The van der Waals surface area contributed by atoms with Crippen LogP contribution >= 0.6 is 0 Å². The third kappa shape index (κ3) is 3.06. The number of nitrogens with zero attached hydrogens (tertiary/aromatic N) is 1. The van der Waals surface area contributed by atoms with Gasteiger partial charge in [0.1, 0.15) is 12.4 Å². The summed E-state index contributed by atoms with van der Waals surface area (Å²) in [6.45, 7) is 2.01. The molecule has 0 aliphatic carbocycles. The van der Waals surface area contributed by atoms with Gasteiger partial charge in [-0.2, -0.15) is 0 Å². The van der Waals surface area contributed by atoms with Gasteiger partial charge in [0.25, 0.3) is 0 Å². The lowest BCUT2D eigenvalue weighted by molar-refractivity contribution is -0.386. The van der Waals surface area contributed by atoms with E-state index in [0.717, 1.165) is 5.56 Å². The fourth-order valence-corrected chi connectivity index (χ4v) is 1.80. The standard InChI is InChI=1S/C15H14NO4/c1-2-12-8-13(9-14(15(12)17)16(18)19)20-10-11-6-4-3-5-7-11/h2-9,17H,10H2,1H3. The van der Waals surface area contributed by atoms with Gasteiger partial charge in [-0.25, -0.2) is 0 Å². The zero-order chi connectivity index (χ0) is 14.5. The molecule has 20 heavy (non-hydrogen) atoms. The summed E-state index contributed by atoms with van der Waals surface area (Å²) < 4.78 is 5.54. The number of benzene rings is 2. The molecule has 0 aliphatic heterocycles. The van der Waals surface area contributed by atoms with Gasteiger partial charge < -0.3 is 9.84 Å². The van der Waals surface area contributed by atoms with Crippen LogP contribution < -0.4 is 4.74 Å².